The quantitative estimate of drug-likeness (QED) is 0.151. The molecule has 0 saturated heterocycles. The first-order valence-electron chi connectivity index (χ1n) is 38.5. The SMILES string of the molecule is c1ccc2c(c1)-c1ccccc1C21c2ccccc2-c2ncc3c(c21)C1=c2ccc4c5c2c(ccc5c2c5c6c(ncc5n5c7cnc8c(c7c4c25)C2c4ccccc4C8c4ccccc42)-c2ccccc2C62c4ccccc4-c4ccccc42)C2c4c(cnc5c4C4c6ccccc6C5c5ccccc54)N3C12. The van der Waals surface area contributed by atoms with Gasteiger partial charge in [-0.15, -0.1) is 0 Å². The standard InChI is InChI=1S/C102H54N6/c1-5-29-57-53(25-1)77-54-26-2-6-30-58(54)81(57)97-91(77)87-73(45-105-97)107-75-47-103-95-61-33-13-19-39-71(61)101(67-35-15-9-21-49(67)50-22-10-16-36-68(50)101)93(95)89(75)85-65-44-42-64-80-66(43-41-63(79(65)80)83(87)99(85)107)86-90-76(48-104-96-62-34-14-20-40-72(62)102(94(90)96)69-37-17-11-23-51(69)52-24-12-18-38-70(52)102)108-74-46-106-98-82-59-31-7-3-27-55(59)78(56-28-4-8-32-60(56)82)92(98)88(74)84(64)100(86)108/h1-48,77-78,81-83,99H. The Kier molecular flexibility index (Phi) is 8.91. The van der Waals surface area contributed by atoms with Gasteiger partial charge in [-0.2, -0.15) is 0 Å². The van der Waals surface area contributed by atoms with Crippen molar-refractivity contribution < 1.29 is 0 Å². The second-order valence-corrected chi connectivity index (χ2v) is 32.4. The van der Waals surface area contributed by atoms with Crippen molar-refractivity contribution in [2.24, 2.45) is 0 Å². The van der Waals surface area contributed by atoms with Gasteiger partial charge >= 0.3 is 0 Å². The lowest BCUT2D eigenvalue weighted by molar-refractivity contribution is 0.700. The van der Waals surface area contributed by atoms with E-state index < -0.39 is 10.8 Å². The maximum absolute atomic E-state index is 5.90. The number of benzene rings is 13. The van der Waals surface area contributed by atoms with Gasteiger partial charge in [-0.05, 0) is 155 Å². The Hall–Kier alpha value is -13.4. The van der Waals surface area contributed by atoms with Gasteiger partial charge < -0.3 is 9.30 Å². The zero-order chi connectivity index (χ0) is 68.9. The van der Waals surface area contributed by atoms with Crippen molar-refractivity contribution in [1.29, 1.82) is 0 Å². The second-order valence-electron chi connectivity index (χ2n) is 32.4. The minimum absolute atomic E-state index is 0.00350. The summed E-state index contributed by atoms with van der Waals surface area (Å²) in [5, 5.41) is 11.7. The molecule has 0 saturated carbocycles. The molecule has 2 spiro atoms. The summed E-state index contributed by atoms with van der Waals surface area (Å²) in [6.07, 6.45) is 9.12. The molecule has 4 bridgehead atoms. The first-order chi connectivity index (χ1) is 53.7. The number of hydrogen-bond donors (Lipinski definition) is 0. The van der Waals surface area contributed by atoms with Crippen LogP contribution < -0.4 is 10.1 Å². The van der Waals surface area contributed by atoms with E-state index in [0.29, 0.717) is 0 Å². The van der Waals surface area contributed by atoms with Crippen LogP contribution in [0.25, 0.3) is 110 Å². The fourth-order valence-corrected chi connectivity index (χ4v) is 25.7. The number of anilines is 2. The maximum atomic E-state index is 5.90. The van der Waals surface area contributed by atoms with Crippen molar-refractivity contribution in [3.63, 3.8) is 0 Å². The smallest absolute Gasteiger partial charge is 0.0761 e. The molecule has 108 heavy (non-hydrogen) atoms. The highest BCUT2D eigenvalue weighted by Gasteiger charge is 2.61. The van der Waals surface area contributed by atoms with Crippen LogP contribution in [-0.4, -0.2) is 30.4 Å². The molecule has 6 heteroatoms. The molecule has 6 nitrogen and oxygen atoms in total. The topological polar surface area (TPSA) is 59.2 Å². The lowest BCUT2D eigenvalue weighted by atomic mass is 9.60. The predicted octanol–water partition coefficient (Wildman–Crippen LogP) is 21.3. The number of rotatable bonds is 0. The highest BCUT2D eigenvalue weighted by Crippen LogP contribution is 2.72. The van der Waals surface area contributed by atoms with Crippen molar-refractivity contribution >= 4 is 76.6 Å². The first-order valence-corrected chi connectivity index (χ1v) is 38.5. The summed E-state index contributed by atoms with van der Waals surface area (Å²) < 4.78 is 2.65. The molecular weight excluding hydrogens is 1310 g/mol. The average molecular weight is 1360 g/mol. The number of pyridine rings is 4. The average Bonchev–Trinajstić information content (AvgIpc) is 1.46. The van der Waals surface area contributed by atoms with E-state index in [1.54, 1.807) is 0 Å². The van der Waals surface area contributed by atoms with Gasteiger partial charge in [0.05, 0.1) is 104 Å². The molecule has 492 valence electrons. The molecule has 0 amide bonds. The molecule has 0 N–H and O–H groups in total. The van der Waals surface area contributed by atoms with Crippen molar-refractivity contribution in [2.45, 2.75) is 46.5 Å². The number of fused-ring (bicyclic) bond motifs is 37. The van der Waals surface area contributed by atoms with Crippen LogP contribution in [0.4, 0.5) is 11.4 Å². The molecular formula is C102H54N6. The van der Waals surface area contributed by atoms with Crippen LogP contribution in [0.3, 0.4) is 0 Å². The van der Waals surface area contributed by atoms with Gasteiger partial charge in [0.25, 0.3) is 0 Å². The third-order valence-corrected chi connectivity index (χ3v) is 28.9. The van der Waals surface area contributed by atoms with Gasteiger partial charge in [-0.1, -0.05) is 267 Å². The van der Waals surface area contributed by atoms with Crippen molar-refractivity contribution in [2.75, 3.05) is 4.90 Å². The summed E-state index contributed by atoms with van der Waals surface area (Å²) >= 11 is 0. The molecule has 13 aliphatic rings. The third-order valence-electron chi connectivity index (χ3n) is 28.9. The van der Waals surface area contributed by atoms with E-state index in [1.165, 1.54) is 227 Å². The highest BCUT2D eigenvalue weighted by molar-refractivity contribution is 6.41. The molecule has 6 aromatic heterocycles. The van der Waals surface area contributed by atoms with Crippen molar-refractivity contribution in [1.82, 2.24) is 24.3 Å². The van der Waals surface area contributed by atoms with E-state index in [0.717, 1.165) is 28.1 Å². The molecule has 8 heterocycles. The van der Waals surface area contributed by atoms with E-state index in [2.05, 4.69) is 301 Å². The zero-order valence-electron chi connectivity index (χ0n) is 57.9. The molecule has 0 radical (unpaired) electrons. The van der Waals surface area contributed by atoms with E-state index in [9.17, 15) is 0 Å². The van der Waals surface area contributed by atoms with Gasteiger partial charge in [0.1, 0.15) is 0 Å². The largest absolute Gasteiger partial charge is 0.330 e. The van der Waals surface area contributed by atoms with Crippen LogP contribution in [0.2, 0.25) is 0 Å². The molecule has 0 fully saturated rings. The first kappa shape index (κ1) is 54.2. The monoisotopic (exact) mass is 1360 g/mol. The number of hydrogen-bond acceptors (Lipinski definition) is 5. The Morgan fingerprint density at radius 2 is 0.685 bits per heavy atom. The highest BCUT2D eigenvalue weighted by atomic mass is 15.2. The van der Waals surface area contributed by atoms with Crippen LogP contribution in [0.15, 0.2) is 292 Å². The molecule has 2 unspecified atom stereocenters. The van der Waals surface area contributed by atoms with Gasteiger partial charge in [0.2, 0.25) is 0 Å². The predicted molar refractivity (Wildman–Crippen MR) is 428 cm³/mol. The van der Waals surface area contributed by atoms with E-state index in [1.807, 2.05) is 0 Å². The van der Waals surface area contributed by atoms with Gasteiger partial charge in [-0.3, -0.25) is 19.9 Å². The van der Waals surface area contributed by atoms with Crippen LogP contribution in [-0.2, 0) is 10.8 Å². The number of aromatic nitrogens is 5. The normalized spacial score (nSPS) is 20.0. The van der Waals surface area contributed by atoms with E-state index in [-0.39, 0.29) is 35.6 Å². The Morgan fingerprint density at radius 1 is 0.287 bits per heavy atom. The number of nitrogens with zero attached hydrogens (tertiary/aromatic N) is 6. The summed E-state index contributed by atoms with van der Waals surface area (Å²) in [4.78, 5) is 26.3. The maximum Gasteiger partial charge on any atom is 0.0761 e. The fraction of sp³-hybridized carbons (Fsp3) is 0.0784. The zero-order valence-corrected chi connectivity index (χ0v) is 57.9. The fourth-order valence-electron chi connectivity index (χ4n) is 25.7. The Labute approximate surface area is 618 Å². The molecule has 19 aromatic rings. The second kappa shape index (κ2) is 17.7. The molecule has 2 aliphatic heterocycles. The minimum atomic E-state index is -0.683. The van der Waals surface area contributed by atoms with Gasteiger partial charge in [0.15, 0.2) is 0 Å². The summed E-state index contributed by atoms with van der Waals surface area (Å²) in [5.41, 5.74) is 46.2. The Morgan fingerprint density at radius 3 is 1.23 bits per heavy atom. The summed E-state index contributed by atoms with van der Waals surface area (Å²) in [6, 6.07) is 103. The third kappa shape index (κ3) is 5.42. The van der Waals surface area contributed by atoms with Crippen LogP contribution in [0.1, 0.15) is 158 Å². The Bertz CT molecular complexity index is 7560. The molecule has 32 rings (SSSR count). The van der Waals surface area contributed by atoms with Crippen molar-refractivity contribution in [3.8, 4) is 44.8 Å². The summed E-state index contributed by atoms with van der Waals surface area (Å²) in [6.45, 7) is 0. The summed E-state index contributed by atoms with van der Waals surface area (Å²) in [5.74, 6) is -0.149. The van der Waals surface area contributed by atoms with Gasteiger partial charge in [0, 0.05) is 67.1 Å². The van der Waals surface area contributed by atoms with Gasteiger partial charge in [-0.25, -0.2) is 0 Å². The Balaban J connectivity index is 0.823. The molecule has 11 aliphatic carbocycles. The summed E-state index contributed by atoms with van der Waals surface area (Å²) in [7, 11) is 0. The lowest BCUT2D eigenvalue weighted by Crippen LogP contribution is -2.35. The van der Waals surface area contributed by atoms with E-state index >= 15 is 0 Å². The molecule has 13 aromatic carbocycles. The van der Waals surface area contributed by atoms with Crippen LogP contribution in [0, 0.1) is 0 Å². The van der Waals surface area contributed by atoms with Crippen molar-refractivity contribution in [3.05, 3.63) is 425 Å². The lowest BCUT2D eigenvalue weighted by Gasteiger charge is -2.43. The van der Waals surface area contributed by atoms with Crippen LogP contribution >= 0.6 is 0 Å². The van der Waals surface area contributed by atoms with Crippen LogP contribution in [0.5, 0.6) is 0 Å². The van der Waals surface area contributed by atoms with E-state index in [4.69, 9.17) is 19.9 Å². The molecule has 2 atom stereocenters. The minimum Gasteiger partial charge on any atom is -0.330 e.